The van der Waals surface area contributed by atoms with Gasteiger partial charge in [0.1, 0.15) is 0 Å². The molecule has 0 aromatic heterocycles. The number of hydrogen-bond donors (Lipinski definition) is 2. The number of benzene rings is 1. The summed E-state index contributed by atoms with van der Waals surface area (Å²) in [6, 6.07) is 6.30. The maximum absolute atomic E-state index is 11.1. The van der Waals surface area contributed by atoms with Crippen molar-refractivity contribution in [1.29, 1.82) is 0 Å². The van der Waals surface area contributed by atoms with E-state index in [9.17, 15) is 4.79 Å². The largest absolute Gasteiger partial charge is 0.481 e. The molecule has 16 heavy (non-hydrogen) atoms. The molecule has 1 aliphatic heterocycles. The first-order valence-electron chi connectivity index (χ1n) is 5.79. The van der Waals surface area contributed by atoms with Crippen molar-refractivity contribution in [3.05, 3.63) is 29.3 Å². The summed E-state index contributed by atoms with van der Waals surface area (Å²) >= 11 is 0. The fourth-order valence-corrected chi connectivity index (χ4v) is 2.48. The van der Waals surface area contributed by atoms with Crippen LogP contribution >= 0.6 is 0 Å². The molecule has 0 radical (unpaired) electrons. The first kappa shape index (κ1) is 9.70. The van der Waals surface area contributed by atoms with Crippen molar-refractivity contribution >= 4 is 11.7 Å². The predicted molar refractivity (Wildman–Crippen MR) is 61.6 cm³/mol. The quantitative estimate of drug-likeness (QED) is 0.814. The van der Waals surface area contributed by atoms with E-state index in [1.807, 2.05) is 0 Å². The molecular weight excluding hydrogens is 202 g/mol. The summed E-state index contributed by atoms with van der Waals surface area (Å²) in [5, 5.41) is 12.5. The van der Waals surface area contributed by atoms with Gasteiger partial charge in [-0.25, -0.2) is 0 Å². The molecule has 0 atom stereocenters. The van der Waals surface area contributed by atoms with E-state index in [1.54, 1.807) is 0 Å². The van der Waals surface area contributed by atoms with Crippen LogP contribution < -0.4 is 5.32 Å². The lowest BCUT2D eigenvalue weighted by atomic mass is 9.95. The molecule has 2 N–H and O–H groups in total. The third-order valence-electron chi connectivity index (χ3n) is 3.73. The highest BCUT2D eigenvalue weighted by Gasteiger charge is 2.49. The summed E-state index contributed by atoms with van der Waals surface area (Å²) in [5.74, 6) is -0.633. The van der Waals surface area contributed by atoms with Gasteiger partial charge in [-0.15, -0.1) is 0 Å². The molecule has 3 nitrogen and oxygen atoms in total. The zero-order chi connectivity index (χ0) is 11.2. The molecular formula is C13H15NO2. The van der Waals surface area contributed by atoms with Crippen LogP contribution in [-0.4, -0.2) is 17.6 Å². The molecule has 0 saturated heterocycles. The van der Waals surface area contributed by atoms with Gasteiger partial charge in [-0.05, 0) is 42.9 Å². The molecule has 1 aromatic carbocycles. The Hall–Kier alpha value is -1.51. The van der Waals surface area contributed by atoms with E-state index in [1.165, 1.54) is 16.8 Å². The van der Waals surface area contributed by atoms with Gasteiger partial charge in [0.05, 0.1) is 5.41 Å². The number of rotatable bonds is 3. The monoisotopic (exact) mass is 217 g/mol. The molecule has 1 heterocycles. The van der Waals surface area contributed by atoms with Gasteiger partial charge in [0.25, 0.3) is 0 Å². The van der Waals surface area contributed by atoms with Crippen LogP contribution in [0.25, 0.3) is 0 Å². The second kappa shape index (κ2) is 3.24. The molecule has 3 heteroatoms. The van der Waals surface area contributed by atoms with Crippen LogP contribution in [0.2, 0.25) is 0 Å². The lowest BCUT2D eigenvalue weighted by Gasteiger charge is -2.10. The van der Waals surface area contributed by atoms with E-state index in [2.05, 4.69) is 23.5 Å². The van der Waals surface area contributed by atoms with E-state index in [0.717, 1.165) is 25.8 Å². The van der Waals surface area contributed by atoms with Crippen molar-refractivity contribution in [2.24, 2.45) is 5.41 Å². The molecule has 1 saturated carbocycles. The molecule has 1 fully saturated rings. The Morgan fingerprint density at radius 1 is 1.44 bits per heavy atom. The van der Waals surface area contributed by atoms with Crippen molar-refractivity contribution in [3.8, 4) is 0 Å². The third-order valence-corrected chi connectivity index (χ3v) is 3.73. The highest BCUT2D eigenvalue weighted by atomic mass is 16.4. The fraction of sp³-hybridized carbons (Fsp3) is 0.462. The van der Waals surface area contributed by atoms with Gasteiger partial charge < -0.3 is 10.4 Å². The van der Waals surface area contributed by atoms with E-state index in [4.69, 9.17) is 5.11 Å². The second-order valence-corrected chi connectivity index (χ2v) is 4.93. The van der Waals surface area contributed by atoms with Gasteiger partial charge >= 0.3 is 5.97 Å². The molecule has 1 aliphatic carbocycles. The number of carboxylic acid groups (broad SMARTS) is 1. The summed E-state index contributed by atoms with van der Waals surface area (Å²) in [6.07, 6.45) is 3.41. The van der Waals surface area contributed by atoms with Gasteiger partial charge in [-0.2, -0.15) is 0 Å². The van der Waals surface area contributed by atoms with E-state index in [0.29, 0.717) is 6.42 Å². The molecule has 3 rings (SSSR count). The van der Waals surface area contributed by atoms with Gasteiger partial charge in [0.2, 0.25) is 0 Å². The van der Waals surface area contributed by atoms with E-state index in [-0.39, 0.29) is 0 Å². The van der Waals surface area contributed by atoms with Crippen molar-refractivity contribution in [2.45, 2.75) is 25.7 Å². The van der Waals surface area contributed by atoms with Crippen LogP contribution in [0.5, 0.6) is 0 Å². The SMILES string of the molecule is O=C(O)C1(Cc2ccc3c(c2)CCN3)CC1. The second-order valence-electron chi connectivity index (χ2n) is 4.93. The van der Waals surface area contributed by atoms with Gasteiger partial charge in [-0.3, -0.25) is 4.79 Å². The minimum Gasteiger partial charge on any atom is -0.481 e. The van der Waals surface area contributed by atoms with Gasteiger partial charge in [-0.1, -0.05) is 12.1 Å². The normalized spacial score (nSPS) is 20.0. The number of carboxylic acids is 1. The van der Waals surface area contributed by atoms with Crippen LogP contribution in [0.1, 0.15) is 24.0 Å². The Kier molecular flexibility index (Phi) is 1.96. The van der Waals surface area contributed by atoms with E-state index >= 15 is 0 Å². The Bertz CT molecular complexity index is 449. The highest BCUT2D eigenvalue weighted by Crippen LogP contribution is 2.48. The Morgan fingerprint density at radius 2 is 2.25 bits per heavy atom. The molecule has 84 valence electrons. The molecule has 0 amide bonds. The molecule has 2 aliphatic rings. The summed E-state index contributed by atoms with van der Waals surface area (Å²) < 4.78 is 0. The molecule has 1 aromatic rings. The van der Waals surface area contributed by atoms with Crippen molar-refractivity contribution in [3.63, 3.8) is 0 Å². The summed E-state index contributed by atoms with van der Waals surface area (Å²) in [4.78, 5) is 11.1. The molecule has 0 bridgehead atoms. The number of fused-ring (bicyclic) bond motifs is 1. The average Bonchev–Trinajstić information content (AvgIpc) is 2.90. The van der Waals surface area contributed by atoms with Crippen LogP contribution in [0, 0.1) is 5.41 Å². The van der Waals surface area contributed by atoms with Crippen LogP contribution in [0.15, 0.2) is 18.2 Å². The highest BCUT2D eigenvalue weighted by molar-refractivity contribution is 5.78. The van der Waals surface area contributed by atoms with Crippen molar-refractivity contribution in [1.82, 2.24) is 0 Å². The lowest BCUT2D eigenvalue weighted by Crippen LogP contribution is -2.17. The maximum Gasteiger partial charge on any atom is 0.309 e. The predicted octanol–water partition coefficient (Wildman–Crippen LogP) is 2.06. The number of carbonyl (C=O) groups is 1. The number of aliphatic carboxylic acids is 1. The first-order valence-corrected chi connectivity index (χ1v) is 5.79. The van der Waals surface area contributed by atoms with Gasteiger partial charge in [0, 0.05) is 12.2 Å². The Labute approximate surface area is 94.5 Å². The zero-order valence-corrected chi connectivity index (χ0v) is 9.12. The lowest BCUT2D eigenvalue weighted by molar-refractivity contribution is -0.143. The van der Waals surface area contributed by atoms with Crippen LogP contribution in [0.4, 0.5) is 5.69 Å². The van der Waals surface area contributed by atoms with E-state index < -0.39 is 11.4 Å². The minimum absolute atomic E-state index is 0.444. The standard InChI is InChI=1S/C13H15NO2/c15-12(16)13(4-5-13)8-9-1-2-11-10(7-9)3-6-14-11/h1-2,7,14H,3-6,8H2,(H,15,16). The molecule has 0 unspecified atom stereocenters. The number of anilines is 1. The van der Waals surface area contributed by atoms with Crippen molar-refractivity contribution < 1.29 is 9.90 Å². The molecule has 0 spiro atoms. The average molecular weight is 217 g/mol. The Balaban J connectivity index is 1.83. The minimum atomic E-state index is -0.633. The fourth-order valence-electron chi connectivity index (χ4n) is 2.48. The summed E-state index contributed by atoms with van der Waals surface area (Å²) in [5.41, 5.74) is 3.27. The smallest absolute Gasteiger partial charge is 0.309 e. The zero-order valence-electron chi connectivity index (χ0n) is 9.12. The number of nitrogens with one attached hydrogen (secondary N) is 1. The summed E-state index contributed by atoms with van der Waals surface area (Å²) in [6.45, 7) is 1.00. The van der Waals surface area contributed by atoms with Crippen LogP contribution in [0.3, 0.4) is 0 Å². The van der Waals surface area contributed by atoms with Gasteiger partial charge in [0.15, 0.2) is 0 Å². The topological polar surface area (TPSA) is 49.3 Å². The Morgan fingerprint density at radius 3 is 2.94 bits per heavy atom. The third kappa shape index (κ3) is 1.47. The number of hydrogen-bond acceptors (Lipinski definition) is 2. The van der Waals surface area contributed by atoms with Crippen LogP contribution in [-0.2, 0) is 17.6 Å². The van der Waals surface area contributed by atoms with Crippen molar-refractivity contribution in [2.75, 3.05) is 11.9 Å². The summed E-state index contributed by atoms with van der Waals surface area (Å²) in [7, 11) is 0. The maximum atomic E-state index is 11.1. The first-order chi connectivity index (χ1) is 7.70.